The Kier molecular flexibility index (Phi) is 12.5. The van der Waals surface area contributed by atoms with Crippen molar-refractivity contribution in [2.45, 2.75) is 19.4 Å². The summed E-state index contributed by atoms with van der Waals surface area (Å²) in [5.74, 6) is -6.86. The van der Waals surface area contributed by atoms with Crippen LogP contribution >= 0.6 is 38.9 Å². The molecule has 3 heterocycles. The predicted octanol–water partition coefficient (Wildman–Crippen LogP) is 7.30. The molecule has 5 rings (SSSR count). The lowest BCUT2D eigenvalue weighted by Gasteiger charge is -2.07. The summed E-state index contributed by atoms with van der Waals surface area (Å²) in [6.07, 6.45) is 3.80. The van der Waals surface area contributed by atoms with Crippen molar-refractivity contribution in [1.82, 2.24) is 30.1 Å². The minimum atomic E-state index is -3.22. The highest BCUT2D eigenvalue weighted by molar-refractivity contribution is 8.24. The van der Waals surface area contributed by atoms with Crippen LogP contribution in [-0.4, -0.2) is 30.7 Å². The molecule has 2 aromatic carbocycles. The van der Waals surface area contributed by atoms with Crippen LogP contribution in [0, 0.1) is 34.9 Å². The van der Waals surface area contributed by atoms with E-state index in [0.29, 0.717) is 23.1 Å². The molecule has 0 fully saturated rings. The second kappa shape index (κ2) is 15.8. The van der Waals surface area contributed by atoms with E-state index in [1.54, 1.807) is 24.3 Å². The van der Waals surface area contributed by atoms with Gasteiger partial charge in [-0.25, -0.2) is 35.8 Å². The molecule has 232 valence electrons. The lowest BCUT2D eigenvalue weighted by atomic mass is 10.1. The highest BCUT2D eigenvalue weighted by Gasteiger charge is 2.18. The number of hydrogen-bond donors (Lipinski definition) is 1. The third-order valence-corrected chi connectivity index (χ3v) is 5.41. The lowest BCUT2D eigenvalue weighted by molar-refractivity contribution is -0.120. The van der Waals surface area contributed by atoms with Crippen molar-refractivity contribution in [3.05, 3.63) is 125 Å². The Hall–Kier alpha value is -3.71. The quantitative estimate of drug-likeness (QED) is 0.114. The number of amides is 1. The molecule has 0 atom stereocenters. The van der Waals surface area contributed by atoms with Gasteiger partial charge in [-0.1, -0.05) is 0 Å². The van der Waals surface area contributed by atoms with E-state index in [4.69, 9.17) is 0 Å². The molecule has 0 bridgehead atoms. The average Bonchev–Trinajstić information content (AvgIpc) is 3.39. The standard InChI is InChI=1S/C13H10F3N3O.C13H8F3N3.Cl3OP/c14-10-3-4-11(15)13(16)9(10)6-12(20)17-7-8-2-1-5-18-19-8;14-10-3-4-11(15)13(16)9(10)6-12-17-7-8-2-1-5-18-19(8)12;1-5(2,3)4/h1-5H,6-7H2,(H,17,20);1-5,7H,6H2;. The molecule has 0 unspecified atom stereocenters. The molecule has 5 aromatic rings. The number of fused-ring (bicyclic) bond motifs is 1. The molecule has 44 heavy (non-hydrogen) atoms. The van der Waals surface area contributed by atoms with Crippen molar-refractivity contribution >= 4 is 50.3 Å². The Labute approximate surface area is 259 Å². The summed E-state index contributed by atoms with van der Waals surface area (Å²) in [6.45, 7) is 0.0746. The minimum absolute atomic E-state index is 0.0746. The second-order valence-corrected chi connectivity index (χ2v) is 15.1. The van der Waals surface area contributed by atoms with Gasteiger partial charge in [0.2, 0.25) is 5.91 Å². The van der Waals surface area contributed by atoms with Crippen LogP contribution in [0.3, 0.4) is 0 Å². The Morgan fingerprint density at radius 3 is 2.00 bits per heavy atom. The van der Waals surface area contributed by atoms with Crippen LogP contribution in [0.25, 0.3) is 5.52 Å². The van der Waals surface area contributed by atoms with Gasteiger partial charge in [0, 0.05) is 29.9 Å². The van der Waals surface area contributed by atoms with E-state index in [1.165, 1.54) is 23.1 Å². The van der Waals surface area contributed by atoms with Crippen molar-refractivity contribution in [1.29, 1.82) is 0 Å². The summed E-state index contributed by atoms with van der Waals surface area (Å²) < 4.78 is 90.9. The first-order valence-electron chi connectivity index (χ1n) is 12.0. The number of carbonyl (C=O) groups is 1. The Bertz CT molecular complexity index is 1790. The number of nitrogens with one attached hydrogen (secondary N) is 1. The van der Waals surface area contributed by atoms with E-state index in [2.05, 4.69) is 59.3 Å². The normalized spacial score (nSPS) is 10.8. The monoisotopic (exact) mass is 696 g/mol. The molecule has 0 aliphatic carbocycles. The zero-order chi connectivity index (χ0) is 32.4. The molecule has 3 aromatic heterocycles. The number of benzene rings is 2. The number of nitrogens with zero attached hydrogens (tertiary/aromatic N) is 5. The Balaban J connectivity index is 0.000000209. The van der Waals surface area contributed by atoms with Gasteiger partial charge in [0.1, 0.15) is 17.5 Å². The van der Waals surface area contributed by atoms with Crippen LogP contribution in [0.4, 0.5) is 26.3 Å². The van der Waals surface area contributed by atoms with E-state index in [-0.39, 0.29) is 18.5 Å². The Morgan fingerprint density at radius 1 is 0.818 bits per heavy atom. The third kappa shape index (κ3) is 10.5. The first-order chi connectivity index (χ1) is 20.7. The third-order valence-electron chi connectivity index (χ3n) is 5.41. The minimum Gasteiger partial charge on any atom is -0.350 e. The first kappa shape index (κ1) is 34.8. The van der Waals surface area contributed by atoms with Gasteiger partial charge in [-0.05, 0) is 82.3 Å². The van der Waals surface area contributed by atoms with E-state index >= 15 is 0 Å². The SMILES string of the molecule is Fc1ccc(F)c(Cc2ncc3cccnn23)c1F.O=C(Cc1c(F)ccc(F)c1F)NCc1cccnn1.O=P(Cl)(Cl)Cl. The summed E-state index contributed by atoms with van der Waals surface area (Å²) in [4.78, 5) is 15.6. The van der Waals surface area contributed by atoms with Gasteiger partial charge >= 0.3 is 5.20 Å². The molecule has 0 aliphatic rings. The maximum absolute atomic E-state index is 13.6. The molecule has 1 N–H and O–H groups in total. The van der Waals surface area contributed by atoms with E-state index in [0.717, 1.165) is 18.2 Å². The average molecular weight is 698 g/mol. The Morgan fingerprint density at radius 2 is 1.39 bits per heavy atom. The largest absolute Gasteiger partial charge is 0.350 e. The van der Waals surface area contributed by atoms with Crippen LogP contribution in [0.2, 0.25) is 0 Å². The number of hydrogen-bond acceptors (Lipinski definition) is 6. The van der Waals surface area contributed by atoms with Gasteiger partial charge in [-0.2, -0.15) is 15.3 Å². The smallest absolute Gasteiger partial charge is 0.339 e. The molecule has 18 heteroatoms. The fourth-order valence-corrected chi connectivity index (χ4v) is 3.47. The summed E-state index contributed by atoms with van der Waals surface area (Å²) in [5, 5.41) is 10.6. The number of halogens is 9. The van der Waals surface area contributed by atoms with Crippen molar-refractivity contribution in [3.63, 3.8) is 0 Å². The fourth-order valence-electron chi connectivity index (χ4n) is 3.47. The van der Waals surface area contributed by atoms with Crippen LogP contribution in [0.15, 0.2) is 67.1 Å². The van der Waals surface area contributed by atoms with Crippen molar-refractivity contribution < 1.29 is 35.7 Å². The van der Waals surface area contributed by atoms with Crippen LogP contribution in [0.1, 0.15) is 22.6 Å². The maximum atomic E-state index is 13.6. The highest BCUT2D eigenvalue weighted by Crippen LogP contribution is 2.61. The van der Waals surface area contributed by atoms with E-state index < -0.39 is 58.0 Å². The molecule has 0 saturated carbocycles. The molecule has 0 spiro atoms. The summed E-state index contributed by atoms with van der Waals surface area (Å²) in [6, 6.07) is 9.88. The van der Waals surface area contributed by atoms with Gasteiger partial charge in [0.25, 0.3) is 0 Å². The number of rotatable bonds is 6. The van der Waals surface area contributed by atoms with Gasteiger partial charge in [0.15, 0.2) is 23.3 Å². The van der Waals surface area contributed by atoms with Crippen molar-refractivity contribution in [3.8, 4) is 0 Å². The molecule has 0 radical (unpaired) electrons. The number of imidazole rings is 1. The van der Waals surface area contributed by atoms with Crippen LogP contribution in [-0.2, 0) is 28.7 Å². The summed E-state index contributed by atoms with van der Waals surface area (Å²) in [7, 11) is 0. The molecule has 0 saturated heterocycles. The van der Waals surface area contributed by atoms with E-state index in [1.807, 2.05) is 0 Å². The molecule has 0 aliphatic heterocycles. The lowest BCUT2D eigenvalue weighted by Crippen LogP contribution is -2.26. The topological polar surface area (TPSA) is 102 Å². The van der Waals surface area contributed by atoms with E-state index in [9.17, 15) is 35.7 Å². The van der Waals surface area contributed by atoms with Crippen molar-refractivity contribution in [2.24, 2.45) is 0 Å². The maximum Gasteiger partial charge on any atom is 0.339 e. The predicted molar refractivity (Wildman–Crippen MR) is 151 cm³/mol. The fraction of sp³-hybridized carbons (Fsp3) is 0.115. The number of carbonyl (C=O) groups excluding carboxylic acids is 1. The summed E-state index contributed by atoms with van der Waals surface area (Å²) >= 11 is 13.8. The number of aromatic nitrogens is 5. The van der Waals surface area contributed by atoms with Crippen molar-refractivity contribution in [2.75, 3.05) is 0 Å². The molecule has 8 nitrogen and oxygen atoms in total. The molecular weight excluding hydrogens is 680 g/mol. The van der Waals surface area contributed by atoms with Crippen LogP contribution < -0.4 is 5.32 Å². The first-order valence-corrected chi connectivity index (χ1v) is 16.4. The van der Waals surface area contributed by atoms with Gasteiger partial charge in [-0.3, -0.25) is 9.36 Å². The van der Waals surface area contributed by atoms with Gasteiger partial charge in [0.05, 0.1) is 30.4 Å². The molecular formula is C26H18Cl3F6N6O2P. The summed E-state index contributed by atoms with van der Waals surface area (Å²) in [5.41, 5.74) is 0.260. The van der Waals surface area contributed by atoms with Gasteiger partial charge in [-0.15, -0.1) is 0 Å². The second-order valence-electron chi connectivity index (χ2n) is 8.42. The van der Waals surface area contributed by atoms with Crippen LogP contribution in [0.5, 0.6) is 0 Å². The van der Waals surface area contributed by atoms with Gasteiger partial charge < -0.3 is 5.32 Å². The highest BCUT2D eigenvalue weighted by atomic mass is 36.0. The molecule has 1 amide bonds. The zero-order valence-corrected chi connectivity index (χ0v) is 25.0. The zero-order valence-electron chi connectivity index (χ0n) is 21.9.